The number of fused-ring (bicyclic) bond motifs is 9. The van der Waals surface area contributed by atoms with E-state index in [0.29, 0.717) is 45.3 Å². The zero-order valence-electron chi connectivity index (χ0n) is 32.9. The SMILES string of the molecule is C=CCOC(=O)N1[C@@H]2c3c(cc(C)c(OC)c3OCC=C)C[C@H]1[C@H](C#N)N1[C@H]2[C@@H]2SC[C@H](NC(=O)OCC(Cl)(Cl)Cl)C(=O)OC[C@H]1c1c3c(c(C)c(OC(C)=O)c12)OCO3. The minimum Gasteiger partial charge on any atom is -0.493 e. The summed E-state index contributed by atoms with van der Waals surface area (Å²) in [6.07, 6.45) is 1.46. The number of benzene rings is 2. The molecule has 2 fully saturated rings. The maximum atomic E-state index is 14.5. The third-order valence-corrected chi connectivity index (χ3v) is 12.6. The zero-order valence-corrected chi connectivity index (χ0v) is 36.0. The van der Waals surface area contributed by atoms with E-state index in [1.54, 1.807) is 17.9 Å². The largest absolute Gasteiger partial charge is 0.493 e. The van der Waals surface area contributed by atoms with Gasteiger partial charge >= 0.3 is 24.1 Å². The minimum atomic E-state index is -1.92. The van der Waals surface area contributed by atoms with Gasteiger partial charge in [0.25, 0.3) is 0 Å². The quantitative estimate of drug-likeness (QED) is 0.0979. The molecule has 0 saturated carbocycles. The second-order valence-electron chi connectivity index (χ2n) is 14.5. The van der Waals surface area contributed by atoms with Gasteiger partial charge in [0, 0.05) is 34.9 Å². The van der Waals surface area contributed by atoms with Crippen molar-refractivity contribution in [1.29, 1.82) is 5.26 Å². The summed E-state index contributed by atoms with van der Waals surface area (Å²) in [5.74, 6) is -0.00739. The summed E-state index contributed by atoms with van der Waals surface area (Å²) in [6, 6.07) is -1.52. The predicted molar refractivity (Wildman–Crippen MR) is 218 cm³/mol. The lowest BCUT2D eigenvalue weighted by molar-refractivity contribution is -0.151. The lowest BCUT2D eigenvalue weighted by Gasteiger charge is -2.61. The number of rotatable bonds is 9. The number of hydrogen-bond donors (Lipinski definition) is 1. The molecule has 7 rings (SSSR count). The molecule has 2 amide bonds. The number of carbonyl (C=O) groups excluding carboxylic acids is 4. The third kappa shape index (κ3) is 7.72. The van der Waals surface area contributed by atoms with Crippen molar-refractivity contribution in [3.8, 4) is 34.8 Å². The Balaban J connectivity index is 1.52. The number of halogens is 3. The van der Waals surface area contributed by atoms with E-state index in [1.807, 2.05) is 17.9 Å². The number of aryl methyl sites for hydroxylation is 1. The molecule has 0 spiro atoms. The maximum absolute atomic E-state index is 14.5. The van der Waals surface area contributed by atoms with Crippen LogP contribution in [-0.2, 0) is 30.2 Å². The van der Waals surface area contributed by atoms with Gasteiger partial charge in [0.2, 0.25) is 10.6 Å². The first-order valence-electron chi connectivity index (χ1n) is 18.7. The molecule has 20 heteroatoms. The maximum Gasteiger partial charge on any atom is 0.411 e. The molecular formula is C40H41Cl3N4O12S. The van der Waals surface area contributed by atoms with Crippen LogP contribution < -0.4 is 29.0 Å². The van der Waals surface area contributed by atoms with Crippen LogP contribution in [0.5, 0.6) is 28.7 Å². The summed E-state index contributed by atoms with van der Waals surface area (Å²) in [5.41, 5.74) is 3.57. The van der Waals surface area contributed by atoms with E-state index in [0.717, 1.165) is 11.1 Å². The van der Waals surface area contributed by atoms with Crippen LogP contribution in [0.15, 0.2) is 31.4 Å². The van der Waals surface area contributed by atoms with Crippen LogP contribution in [0.3, 0.4) is 0 Å². The Hall–Kier alpha value is -4.73. The van der Waals surface area contributed by atoms with Crippen molar-refractivity contribution in [3.63, 3.8) is 0 Å². The first kappa shape index (κ1) is 43.4. The predicted octanol–water partition coefficient (Wildman–Crippen LogP) is 6.25. The molecule has 2 aromatic carbocycles. The number of hydrogen-bond acceptors (Lipinski definition) is 15. The Morgan fingerprint density at radius 1 is 1.05 bits per heavy atom. The molecule has 2 aromatic rings. The molecular weight excluding hydrogens is 867 g/mol. The second kappa shape index (κ2) is 17.3. The van der Waals surface area contributed by atoms with Crippen molar-refractivity contribution in [2.45, 2.75) is 72.5 Å². The number of thioether (sulfide) groups is 1. The van der Waals surface area contributed by atoms with Crippen LogP contribution in [0.25, 0.3) is 0 Å². The molecule has 0 aromatic heterocycles. The molecule has 60 heavy (non-hydrogen) atoms. The number of esters is 2. The summed E-state index contributed by atoms with van der Waals surface area (Å²) in [7, 11) is 1.52. The zero-order chi connectivity index (χ0) is 43.2. The van der Waals surface area contributed by atoms with Gasteiger partial charge in [0.1, 0.15) is 44.3 Å². The van der Waals surface area contributed by atoms with Crippen molar-refractivity contribution in [3.05, 3.63) is 64.8 Å². The van der Waals surface area contributed by atoms with Crippen LogP contribution in [0.4, 0.5) is 9.59 Å². The Morgan fingerprint density at radius 2 is 1.78 bits per heavy atom. The smallest absolute Gasteiger partial charge is 0.411 e. The van der Waals surface area contributed by atoms with Gasteiger partial charge in [-0.1, -0.05) is 66.2 Å². The Bertz CT molecular complexity index is 2180. The average molecular weight is 908 g/mol. The first-order valence-corrected chi connectivity index (χ1v) is 20.9. The molecule has 16 nitrogen and oxygen atoms in total. The monoisotopic (exact) mass is 906 g/mol. The van der Waals surface area contributed by atoms with Crippen LogP contribution in [0, 0.1) is 25.2 Å². The molecule has 4 bridgehead atoms. The molecule has 7 atom stereocenters. The van der Waals surface area contributed by atoms with Gasteiger partial charge in [-0.05, 0) is 31.4 Å². The van der Waals surface area contributed by atoms with Gasteiger partial charge in [-0.2, -0.15) is 5.26 Å². The number of methoxy groups -OCH3 is 1. The summed E-state index contributed by atoms with van der Waals surface area (Å²) < 4.78 is 45.5. The van der Waals surface area contributed by atoms with Crippen molar-refractivity contribution in [2.24, 2.45) is 0 Å². The standard InChI is InChI=1S/C40H41Cl3N4O12S/c1-7-9-53-34-26-21(11-18(3)31(34)52-6)12-23-24(13-44)46-25-14-55-37(49)22(45-38(50)56-16-40(41,42)43)15-60-36(30(46)29(26)47(23)39(51)54-10-8-2)28-27(25)35-33(57-17-58-35)19(4)32(28)59-20(5)48/h7-8,11,22-25,29-30,36H,1-2,9-10,12,14-17H2,3-6H3,(H,45,50)/t22-,23-,24-,25-,29+,30+,36+/m0/s1. The van der Waals surface area contributed by atoms with Gasteiger partial charge < -0.3 is 43.2 Å². The second-order valence-corrected chi connectivity index (χ2v) is 18.1. The molecule has 0 radical (unpaired) electrons. The molecule has 5 aliphatic heterocycles. The van der Waals surface area contributed by atoms with E-state index in [9.17, 15) is 24.4 Å². The van der Waals surface area contributed by atoms with E-state index in [4.69, 9.17) is 72.7 Å². The highest BCUT2D eigenvalue weighted by Crippen LogP contribution is 2.64. The van der Waals surface area contributed by atoms with Crippen molar-refractivity contribution >= 4 is 70.7 Å². The van der Waals surface area contributed by atoms with Crippen molar-refractivity contribution in [1.82, 2.24) is 15.1 Å². The molecule has 2 saturated heterocycles. The third-order valence-electron chi connectivity index (χ3n) is 10.9. The number of carbonyl (C=O) groups is 4. The lowest BCUT2D eigenvalue weighted by Crippen LogP contribution is -2.71. The van der Waals surface area contributed by atoms with Crippen LogP contribution in [0.2, 0.25) is 0 Å². The Kier molecular flexibility index (Phi) is 12.5. The molecule has 1 N–H and O–H groups in total. The topological polar surface area (TPSA) is 184 Å². The number of amides is 2. The fraction of sp³-hybridized carbons (Fsp3) is 0.475. The Labute approximate surface area is 364 Å². The van der Waals surface area contributed by atoms with Gasteiger partial charge in [0.15, 0.2) is 23.0 Å². The highest BCUT2D eigenvalue weighted by atomic mass is 35.6. The summed E-state index contributed by atoms with van der Waals surface area (Å²) in [4.78, 5) is 57.9. The van der Waals surface area contributed by atoms with E-state index in [-0.39, 0.29) is 44.5 Å². The molecule has 0 unspecified atom stereocenters. The number of nitrogens with one attached hydrogen (secondary N) is 1. The highest BCUT2D eigenvalue weighted by Gasteiger charge is 2.63. The fourth-order valence-electron chi connectivity index (χ4n) is 8.86. The summed E-state index contributed by atoms with van der Waals surface area (Å²) in [5, 5.41) is 12.9. The lowest BCUT2D eigenvalue weighted by atomic mass is 9.71. The molecule has 0 aliphatic carbocycles. The van der Waals surface area contributed by atoms with E-state index < -0.39 is 76.0 Å². The fourth-order valence-corrected chi connectivity index (χ4v) is 10.5. The van der Waals surface area contributed by atoms with E-state index in [2.05, 4.69) is 24.5 Å². The Morgan fingerprint density at radius 3 is 2.45 bits per heavy atom. The number of nitrogens with zero attached hydrogens (tertiary/aromatic N) is 3. The number of alkyl halides is 3. The molecule has 5 aliphatic rings. The van der Waals surface area contributed by atoms with Crippen molar-refractivity contribution < 1.29 is 57.1 Å². The number of alkyl carbamates (subject to hydrolysis) is 1. The number of nitriles is 1. The number of piperazine rings is 1. The summed E-state index contributed by atoms with van der Waals surface area (Å²) in [6.45, 7) is 11.2. The number of ether oxygens (including phenoxy) is 8. The van der Waals surface area contributed by atoms with Crippen LogP contribution in [0.1, 0.15) is 57.6 Å². The van der Waals surface area contributed by atoms with Crippen LogP contribution >= 0.6 is 46.6 Å². The normalized spacial score (nSPS) is 24.9. The highest BCUT2D eigenvalue weighted by molar-refractivity contribution is 7.99. The number of cyclic esters (lactones) is 1. The van der Waals surface area contributed by atoms with Crippen molar-refractivity contribution in [2.75, 3.05) is 46.1 Å². The molecule has 5 heterocycles. The van der Waals surface area contributed by atoms with Gasteiger partial charge in [-0.25, -0.2) is 14.4 Å². The van der Waals surface area contributed by atoms with Crippen LogP contribution in [-0.4, -0.2) is 108 Å². The van der Waals surface area contributed by atoms with E-state index in [1.165, 1.54) is 31.9 Å². The minimum absolute atomic E-state index is 0.0824. The van der Waals surface area contributed by atoms with Gasteiger partial charge in [-0.3, -0.25) is 14.6 Å². The first-order chi connectivity index (χ1) is 28.6. The van der Waals surface area contributed by atoms with E-state index >= 15 is 0 Å². The van der Waals surface area contributed by atoms with Gasteiger partial charge in [0.05, 0.1) is 42.6 Å². The summed E-state index contributed by atoms with van der Waals surface area (Å²) >= 11 is 18.6. The average Bonchev–Trinajstić information content (AvgIpc) is 3.70. The molecule has 320 valence electrons. The van der Waals surface area contributed by atoms with Gasteiger partial charge in [-0.15, -0.1) is 11.8 Å².